The monoisotopic (exact) mass is 371 g/mol. The van der Waals surface area contributed by atoms with Gasteiger partial charge in [0.1, 0.15) is 15.9 Å². The van der Waals surface area contributed by atoms with Crippen molar-refractivity contribution < 1.29 is 8.42 Å². The van der Waals surface area contributed by atoms with Crippen molar-refractivity contribution >= 4 is 55.7 Å². The van der Waals surface area contributed by atoms with Gasteiger partial charge in [0.15, 0.2) is 0 Å². The molecule has 0 bridgehead atoms. The van der Waals surface area contributed by atoms with E-state index < -0.39 is 10.0 Å². The van der Waals surface area contributed by atoms with E-state index in [2.05, 4.69) is 8.75 Å². The van der Waals surface area contributed by atoms with Gasteiger partial charge in [0.05, 0.1) is 16.1 Å². The fraction of sp³-hybridized carbons (Fsp3) is 0.231. The molecule has 4 rings (SSSR count). The van der Waals surface area contributed by atoms with Gasteiger partial charge < -0.3 is 0 Å². The molecule has 3 heterocycles. The second-order valence-electron chi connectivity index (χ2n) is 4.98. The molecule has 0 atom stereocenters. The van der Waals surface area contributed by atoms with Gasteiger partial charge in [-0.2, -0.15) is 13.1 Å². The molecule has 0 aliphatic carbocycles. The summed E-state index contributed by atoms with van der Waals surface area (Å²) in [4.78, 5) is 1.40. The van der Waals surface area contributed by atoms with Crippen molar-refractivity contribution in [1.82, 2.24) is 13.1 Å². The molecule has 1 aromatic carbocycles. The summed E-state index contributed by atoms with van der Waals surface area (Å²) in [6.45, 7) is 0.814. The Morgan fingerprint density at radius 2 is 2.14 bits per heavy atom. The van der Waals surface area contributed by atoms with Crippen LogP contribution in [0.5, 0.6) is 0 Å². The van der Waals surface area contributed by atoms with Crippen LogP contribution in [0.3, 0.4) is 0 Å². The summed E-state index contributed by atoms with van der Waals surface area (Å²) < 4.78 is 36.3. The topological polar surface area (TPSA) is 63.2 Å². The average molecular weight is 372 g/mol. The summed E-state index contributed by atoms with van der Waals surface area (Å²) >= 11 is 8.58. The molecule has 22 heavy (non-hydrogen) atoms. The molecular weight excluding hydrogens is 362 g/mol. The van der Waals surface area contributed by atoms with Gasteiger partial charge in [-0.05, 0) is 30.2 Å². The van der Waals surface area contributed by atoms with Crippen LogP contribution in [0.4, 0.5) is 0 Å². The Balaban J connectivity index is 1.77. The predicted molar refractivity (Wildman–Crippen MR) is 88.0 cm³/mol. The second kappa shape index (κ2) is 5.24. The first-order valence-corrected chi connectivity index (χ1v) is 9.91. The third kappa shape index (κ3) is 2.26. The summed E-state index contributed by atoms with van der Waals surface area (Å²) in [5.74, 6) is 0. The van der Waals surface area contributed by atoms with Crippen molar-refractivity contribution in [2.45, 2.75) is 17.9 Å². The maximum Gasteiger partial charge on any atom is 0.245 e. The molecular formula is C13H10ClN3O2S3. The maximum absolute atomic E-state index is 12.9. The summed E-state index contributed by atoms with van der Waals surface area (Å²) in [5, 5.41) is 0. The first-order valence-electron chi connectivity index (χ1n) is 6.54. The molecule has 0 radical (unpaired) electrons. The molecule has 0 amide bonds. The number of fused-ring (bicyclic) bond motifs is 2. The predicted octanol–water partition coefficient (Wildman–Crippen LogP) is 3.15. The highest BCUT2D eigenvalue weighted by Crippen LogP contribution is 2.34. The Bertz CT molecular complexity index is 964. The first kappa shape index (κ1) is 14.5. The van der Waals surface area contributed by atoms with Crippen LogP contribution >= 0.6 is 34.7 Å². The van der Waals surface area contributed by atoms with Crippen LogP contribution < -0.4 is 0 Å². The number of nitrogens with zero attached hydrogens (tertiary/aromatic N) is 3. The molecule has 114 valence electrons. The van der Waals surface area contributed by atoms with Crippen LogP contribution in [0.2, 0.25) is 4.34 Å². The third-order valence-electron chi connectivity index (χ3n) is 3.67. The molecule has 0 N–H and O–H groups in total. The number of sulfonamides is 1. The largest absolute Gasteiger partial charge is 0.245 e. The molecule has 0 saturated heterocycles. The standard InChI is InChI=1S/C13H10ClN3O2S3/c14-12-6-8-7-17(5-4-10(8)20-12)22(18,19)11-3-1-2-9-13(11)16-21-15-9/h1-3,6H,4-5,7H2. The number of thiophene rings is 1. The van der Waals surface area contributed by atoms with E-state index in [1.807, 2.05) is 6.07 Å². The lowest BCUT2D eigenvalue weighted by molar-refractivity contribution is 0.394. The molecule has 1 aliphatic rings. The average Bonchev–Trinajstić information content (AvgIpc) is 3.10. The van der Waals surface area contributed by atoms with Crippen LogP contribution in [0, 0.1) is 0 Å². The molecule has 0 unspecified atom stereocenters. The fourth-order valence-corrected chi connectivity index (χ4v) is 6.07. The lowest BCUT2D eigenvalue weighted by Gasteiger charge is -2.26. The van der Waals surface area contributed by atoms with Gasteiger partial charge >= 0.3 is 0 Å². The maximum atomic E-state index is 12.9. The van der Waals surface area contributed by atoms with Crippen molar-refractivity contribution in [3.05, 3.63) is 39.0 Å². The van der Waals surface area contributed by atoms with Gasteiger partial charge in [0.2, 0.25) is 10.0 Å². The summed E-state index contributed by atoms with van der Waals surface area (Å²) in [6.07, 6.45) is 0.692. The molecule has 9 heteroatoms. The smallest absolute Gasteiger partial charge is 0.207 e. The van der Waals surface area contributed by atoms with Crippen LogP contribution in [-0.2, 0) is 23.0 Å². The summed E-state index contributed by atoms with van der Waals surface area (Å²) in [6, 6.07) is 6.92. The molecule has 2 aromatic heterocycles. The van der Waals surface area contributed by atoms with Crippen molar-refractivity contribution in [2.24, 2.45) is 0 Å². The zero-order chi connectivity index (χ0) is 15.3. The van der Waals surface area contributed by atoms with Crippen LogP contribution in [0.25, 0.3) is 11.0 Å². The van der Waals surface area contributed by atoms with E-state index in [1.54, 1.807) is 18.2 Å². The zero-order valence-corrected chi connectivity index (χ0v) is 14.4. The normalized spacial score (nSPS) is 16.0. The zero-order valence-electron chi connectivity index (χ0n) is 11.2. The Kier molecular flexibility index (Phi) is 3.46. The van der Waals surface area contributed by atoms with E-state index >= 15 is 0 Å². The quantitative estimate of drug-likeness (QED) is 0.694. The van der Waals surface area contributed by atoms with Gasteiger partial charge in [0.25, 0.3) is 0 Å². The molecule has 5 nitrogen and oxygen atoms in total. The van der Waals surface area contributed by atoms with Gasteiger partial charge in [-0.15, -0.1) is 11.3 Å². The minimum absolute atomic E-state index is 0.225. The van der Waals surface area contributed by atoms with Gasteiger partial charge in [-0.1, -0.05) is 17.7 Å². The molecule has 0 saturated carbocycles. The van der Waals surface area contributed by atoms with Crippen molar-refractivity contribution in [3.8, 4) is 0 Å². The van der Waals surface area contributed by atoms with E-state index in [1.165, 1.54) is 20.5 Å². The fourth-order valence-electron chi connectivity index (χ4n) is 2.60. The van der Waals surface area contributed by atoms with E-state index in [0.717, 1.165) is 17.3 Å². The highest BCUT2D eigenvalue weighted by Gasteiger charge is 2.31. The molecule has 1 aliphatic heterocycles. The van der Waals surface area contributed by atoms with Gasteiger partial charge in [0, 0.05) is 18.0 Å². The number of benzene rings is 1. The number of rotatable bonds is 2. The van der Waals surface area contributed by atoms with Crippen molar-refractivity contribution in [3.63, 3.8) is 0 Å². The Hall–Kier alpha value is -1.06. The van der Waals surface area contributed by atoms with E-state index in [4.69, 9.17) is 11.6 Å². The number of hydrogen-bond acceptors (Lipinski definition) is 6. The summed E-state index contributed by atoms with van der Waals surface area (Å²) in [5.41, 5.74) is 2.05. The first-order chi connectivity index (χ1) is 10.6. The van der Waals surface area contributed by atoms with E-state index in [-0.39, 0.29) is 4.90 Å². The SMILES string of the molecule is O=S(=O)(c1cccc2nsnc12)N1CCc2sc(Cl)cc2C1. The van der Waals surface area contributed by atoms with Gasteiger partial charge in [-0.25, -0.2) is 8.42 Å². The van der Waals surface area contributed by atoms with Crippen molar-refractivity contribution in [2.75, 3.05) is 6.54 Å². The van der Waals surface area contributed by atoms with Crippen molar-refractivity contribution in [1.29, 1.82) is 0 Å². The Morgan fingerprint density at radius 1 is 1.27 bits per heavy atom. The third-order valence-corrected chi connectivity index (χ3v) is 7.45. The van der Waals surface area contributed by atoms with Crippen LogP contribution in [0.1, 0.15) is 10.4 Å². The van der Waals surface area contributed by atoms with Gasteiger partial charge in [-0.3, -0.25) is 0 Å². The van der Waals surface area contributed by atoms with Crippen LogP contribution in [0.15, 0.2) is 29.2 Å². The Labute approximate surface area is 140 Å². The minimum Gasteiger partial charge on any atom is -0.207 e. The molecule has 3 aromatic rings. The lowest BCUT2D eigenvalue weighted by atomic mass is 10.1. The van der Waals surface area contributed by atoms with Crippen LogP contribution in [-0.4, -0.2) is 28.0 Å². The highest BCUT2D eigenvalue weighted by molar-refractivity contribution is 7.89. The summed E-state index contributed by atoms with van der Waals surface area (Å²) in [7, 11) is -3.59. The van der Waals surface area contributed by atoms with E-state index in [0.29, 0.717) is 34.9 Å². The number of halogens is 1. The number of hydrogen-bond donors (Lipinski definition) is 0. The second-order valence-corrected chi connectivity index (χ2v) is 9.18. The number of aromatic nitrogens is 2. The molecule has 0 spiro atoms. The lowest BCUT2D eigenvalue weighted by Crippen LogP contribution is -2.35. The Morgan fingerprint density at radius 3 is 3.00 bits per heavy atom. The minimum atomic E-state index is -3.59. The highest BCUT2D eigenvalue weighted by atomic mass is 35.5. The van der Waals surface area contributed by atoms with E-state index in [9.17, 15) is 8.42 Å². The molecule has 0 fully saturated rings.